The second-order valence-electron chi connectivity index (χ2n) is 4.57. The summed E-state index contributed by atoms with van der Waals surface area (Å²) in [5.41, 5.74) is 5.06. The van der Waals surface area contributed by atoms with Crippen LogP contribution in [-0.4, -0.2) is 12.3 Å². The third kappa shape index (κ3) is 2.00. The number of hydrogen-bond donors (Lipinski definition) is 0. The predicted molar refractivity (Wildman–Crippen MR) is 77.8 cm³/mol. The molecule has 0 saturated carbocycles. The molecule has 0 spiro atoms. The molecule has 0 saturated heterocycles. The summed E-state index contributed by atoms with van der Waals surface area (Å²) in [4.78, 5) is 4.49. The number of rotatable bonds is 2. The molecule has 1 aromatic rings. The molecule has 0 radical (unpaired) electrons. The van der Waals surface area contributed by atoms with Crippen LogP contribution in [0.25, 0.3) is 6.08 Å². The Hall–Kier alpha value is -2.15. The van der Waals surface area contributed by atoms with E-state index < -0.39 is 0 Å². The fourth-order valence-electron chi connectivity index (χ4n) is 2.26. The van der Waals surface area contributed by atoms with E-state index in [4.69, 9.17) is 0 Å². The molecule has 88 valence electrons. The Labute approximate surface area is 108 Å². The molecule has 1 heteroatoms. The first-order valence-corrected chi connectivity index (χ1v) is 6.20. The van der Waals surface area contributed by atoms with Gasteiger partial charge in [0.15, 0.2) is 0 Å². The third-order valence-electron chi connectivity index (χ3n) is 3.34. The SMILES string of the molecule is Cc1ccccc1/C=C/C1=C2C=CC=CC2N=C1. The molecular formula is C17H15N. The monoisotopic (exact) mass is 233 g/mol. The Morgan fingerprint density at radius 2 is 2.00 bits per heavy atom. The van der Waals surface area contributed by atoms with Crippen molar-refractivity contribution < 1.29 is 0 Å². The summed E-state index contributed by atoms with van der Waals surface area (Å²) in [7, 11) is 0. The van der Waals surface area contributed by atoms with Gasteiger partial charge in [0.2, 0.25) is 0 Å². The first-order valence-electron chi connectivity index (χ1n) is 6.20. The maximum absolute atomic E-state index is 4.49. The molecule has 1 nitrogen and oxygen atoms in total. The molecule has 0 N–H and O–H groups in total. The summed E-state index contributed by atoms with van der Waals surface area (Å²) in [5.74, 6) is 0. The van der Waals surface area contributed by atoms with E-state index in [2.05, 4.69) is 72.6 Å². The second-order valence-corrected chi connectivity index (χ2v) is 4.57. The Morgan fingerprint density at radius 1 is 1.11 bits per heavy atom. The Kier molecular flexibility index (Phi) is 2.81. The lowest BCUT2D eigenvalue weighted by Gasteiger charge is -2.07. The van der Waals surface area contributed by atoms with Crippen LogP contribution in [0.1, 0.15) is 11.1 Å². The van der Waals surface area contributed by atoms with Crippen LogP contribution in [0, 0.1) is 6.92 Å². The second kappa shape index (κ2) is 4.61. The summed E-state index contributed by atoms with van der Waals surface area (Å²) in [6.07, 6.45) is 14.7. The highest BCUT2D eigenvalue weighted by atomic mass is 14.8. The van der Waals surface area contributed by atoms with Crippen molar-refractivity contribution in [3.8, 4) is 0 Å². The molecule has 3 rings (SSSR count). The predicted octanol–water partition coefficient (Wildman–Crippen LogP) is 3.88. The van der Waals surface area contributed by atoms with Crippen molar-refractivity contribution >= 4 is 12.3 Å². The van der Waals surface area contributed by atoms with Gasteiger partial charge in [-0.25, -0.2) is 0 Å². The average Bonchev–Trinajstić information content (AvgIpc) is 2.81. The molecule has 1 atom stereocenters. The van der Waals surface area contributed by atoms with Crippen LogP contribution < -0.4 is 0 Å². The maximum atomic E-state index is 4.49. The average molecular weight is 233 g/mol. The molecule has 0 bridgehead atoms. The standard InChI is InChI=1S/C17H15N/c1-13-6-2-3-7-14(13)10-11-15-12-18-17-9-5-4-8-16(15)17/h2-12,17H,1H3/b11-10+. The van der Waals surface area contributed by atoms with Crippen molar-refractivity contribution in [2.75, 3.05) is 0 Å². The zero-order valence-electron chi connectivity index (χ0n) is 10.4. The van der Waals surface area contributed by atoms with E-state index in [1.165, 1.54) is 22.3 Å². The van der Waals surface area contributed by atoms with Gasteiger partial charge in [0, 0.05) is 6.21 Å². The van der Waals surface area contributed by atoms with Crippen molar-refractivity contribution in [3.05, 3.63) is 76.9 Å². The van der Waals surface area contributed by atoms with E-state index in [1.54, 1.807) is 0 Å². The van der Waals surface area contributed by atoms with Crippen molar-refractivity contribution in [3.63, 3.8) is 0 Å². The highest BCUT2D eigenvalue weighted by molar-refractivity contribution is 5.90. The van der Waals surface area contributed by atoms with Gasteiger partial charge in [0.1, 0.15) is 0 Å². The number of aliphatic imine (C=N–C) groups is 1. The van der Waals surface area contributed by atoms with Crippen LogP contribution in [0.3, 0.4) is 0 Å². The molecule has 1 aromatic carbocycles. The topological polar surface area (TPSA) is 12.4 Å². The summed E-state index contributed by atoms with van der Waals surface area (Å²) in [6, 6.07) is 8.63. The smallest absolute Gasteiger partial charge is 0.0939 e. The first-order chi connectivity index (χ1) is 8.84. The fourth-order valence-corrected chi connectivity index (χ4v) is 2.26. The molecular weight excluding hydrogens is 218 g/mol. The first kappa shape index (κ1) is 11.0. The van der Waals surface area contributed by atoms with Crippen LogP contribution in [-0.2, 0) is 0 Å². The van der Waals surface area contributed by atoms with Crippen LogP contribution in [0.4, 0.5) is 0 Å². The molecule has 0 fully saturated rings. The molecule has 0 amide bonds. The summed E-state index contributed by atoms with van der Waals surface area (Å²) < 4.78 is 0. The van der Waals surface area contributed by atoms with Crippen molar-refractivity contribution in [2.45, 2.75) is 13.0 Å². The van der Waals surface area contributed by atoms with Crippen molar-refractivity contribution in [1.82, 2.24) is 0 Å². The lowest BCUT2D eigenvalue weighted by Crippen LogP contribution is -2.01. The molecule has 1 aliphatic heterocycles. The number of nitrogens with zero attached hydrogens (tertiary/aromatic N) is 1. The number of allylic oxidation sites excluding steroid dienone is 4. The van der Waals surface area contributed by atoms with Gasteiger partial charge in [-0.2, -0.15) is 0 Å². The van der Waals surface area contributed by atoms with E-state index in [1.807, 2.05) is 6.21 Å². The summed E-state index contributed by atoms with van der Waals surface area (Å²) in [6.45, 7) is 2.13. The quantitative estimate of drug-likeness (QED) is 0.735. The van der Waals surface area contributed by atoms with Gasteiger partial charge in [-0.05, 0) is 29.2 Å². The summed E-state index contributed by atoms with van der Waals surface area (Å²) >= 11 is 0. The van der Waals surface area contributed by atoms with E-state index in [9.17, 15) is 0 Å². The van der Waals surface area contributed by atoms with Gasteiger partial charge < -0.3 is 0 Å². The number of aryl methyl sites for hydroxylation is 1. The number of benzene rings is 1. The zero-order valence-corrected chi connectivity index (χ0v) is 10.4. The molecule has 1 unspecified atom stereocenters. The lowest BCUT2D eigenvalue weighted by molar-refractivity contribution is 0.999. The minimum Gasteiger partial charge on any atom is -0.280 e. The van der Waals surface area contributed by atoms with Gasteiger partial charge in [0.05, 0.1) is 6.04 Å². The van der Waals surface area contributed by atoms with Crippen molar-refractivity contribution in [2.24, 2.45) is 4.99 Å². The van der Waals surface area contributed by atoms with Gasteiger partial charge in [-0.15, -0.1) is 0 Å². The number of fused-ring (bicyclic) bond motifs is 1. The van der Waals surface area contributed by atoms with Gasteiger partial charge in [0.25, 0.3) is 0 Å². The molecule has 18 heavy (non-hydrogen) atoms. The van der Waals surface area contributed by atoms with Crippen LogP contribution in [0.5, 0.6) is 0 Å². The third-order valence-corrected chi connectivity index (χ3v) is 3.34. The van der Waals surface area contributed by atoms with E-state index in [0.29, 0.717) is 0 Å². The molecule has 0 aromatic heterocycles. The van der Waals surface area contributed by atoms with E-state index in [0.717, 1.165) is 0 Å². The highest BCUT2D eigenvalue weighted by Crippen LogP contribution is 2.24. The van der Waals surface area contributed by atoms with Gasteiger partial charge in [-0.3, -0.25) is 4.99 Å². The minimum absolute atomic E-state index is 0.228. The molecule has 2 aliphatic rings. The largest absolute Gasteiger partial charge is 0.280 e. The van der Waals surface area contributed by atoms with Gasteiger partial charge >= 0.3 is 0 Å². The van der Waals surface area contributed by atoms with E-state index in [-0.39, 0.29) is 6.04 Å². The molecule has 1 heterocycles. The Morgan fingerprint density at radius 3 is 2.89 bits per heavy atom. The van der Waals surface area contributed by atoms with Crippen molar-refractivity contribution in [1.29, 1.82) is 0 Å². The fraction of sp³-hybridized carbons (Fsp3) is 0.118. The van der Waals surface area contributed by atoms with Gasteiger partial charge in [-0.1, -0.05) is 60.7 Å². The maximum Gasteiger partial charge on any atom is 0.0939 e. The Balaban J connectivity index is 1.90. The number of hydrogen-bond acceptors (Lipinski definition) is 1. The normalized spacial score (nSPS) is 21.1. The van der Waals surface area contributed by atoms with Crippen LogP contribution >= 0.6 is 0 Å². The zero-order chi connectivity index (χ0) is 12.4. The summed E-state index contributed by atoms with van der Waals surface area (Å²) in [5, 5.41) is 0. The highest BCUT2D eigenvalue weighted by Gasteiger charge is 2.17. The van der Waals surface area contributed by atoms with Crippen LogP contribution in [0.2, 0.25) is 0 Å². The minimum atomic E-state index is 0.228. The lowest BCUT2D eigenvalue weighted by atomic mass is 9.99. The van der Waals surface area contributed by atoms with E-state index >= 15 is 0 Å². The Bertz CT molecular complexity index is 612. The van der Waals surface area contributed by atoms with Crippen LogP contribution in [0.15, 0.2) is 70.8 Å². The molecule has 1 aliphatic carbocycles.